The molecular weight excluding hydrogens is 490 g/mol. The first kappa shape index (κ1) is 34.4. The zero-order valence-electron chi connectivity index (χ0n) is 23.2. The predicted octanol–water partition coefficient (Wildman–Crippen LogP) is 2.65. The van der Waals surface area contributed by atoms with Gasteiger partial charge in [0.05, 0.1) is 25.4 Å². The summed E-state index contributed by atoms with van der Waals surface area (Å²) in [6.07, 6.45) is 15.6. The van der Waals surface area contributed by atoms with Crippen LogP contribution < -0.4 is 5.32 Å². The number of aliphatic hydroxyl groups excluding tert-OH is 5. The largest absolute Gasteiger partial charge is 0.394 e. The van der Waals surface area contributed by atoms with Gasteiger partial charge in [0.1, 0.15) is 24.4 Å². The normalized spacial score (nSPS) is 25.9. The van der Waals surface area contributed by atoms with Crippen LogP contribution in [-0.4, -0.2) is 87.5 Å². The van der Waals surface area contributed by atoms with Gasteiger partial charge in [-0.2, -0.15) is 0 Å². The molecule has 6 N–H and O–H groups in total. The summed E-state index contributed by atoms with van der Waals surface area (Å²) in [5.74, 6) is -0.284. The molecule has 7 atom stereocenters. The summed E-state index contributed by atoms with van der Waals surface area (Å²) < 4.78 is 10.8. The second kappa shape index (κ2) is 21.3. The Bertz CT molecular complexity index is 696. The lowest BCUT2D eigenvalue weighted by Crippen LogP contribution is -2.60. The third-order valence-electron chi connectivity index (χ3n) is 6.51. The standard InChI is InChI=1S/C29H51NO8/c1-3-5-6-7-8-9-10-11-12-13-14-15-16-17-18-19-23(32)22(30-25(33)4-2)21-37-29-28(36)27(35)26(34)24(20-31)38-29/h10-11,14-15,18-19,22-24,26-29,31-32,34-36H,3-9,12-13,16-17,20-21H2,1-2H3,(H,30,33)/b11-10+,15-14+,19-18+. The zero-order chi connectivity index (χ0) is 28.2. The third kappa shape index (κ3) is 14.0. The Morgan fingerprint density at radius 2 is 1.47 bits per heavy atom. The number of allylic oxidation sites excluding steroid dienone is 5. The lowest BCUT2D eigenvalue weighted by molar-refractivity contribution is -0.302. The highest BCUT2D eigenvalue weighted by molar-refractivity contribution is 5.75. The van der Waals surface area contributed by atoms with Crippen LogP contribution in [0, 0.1) is 0 Å². The number of carbonyl (C=O) groups excluding carboxylic acids is 1. The molecule has 38 heavy (non-hydrogen) atoms. The molecule has 1 rings (SSSR count). The van der Waals surface area contributed by atoms with Crippen molar-refractivity contribution in [2.45, 2.75) is 127 Å². The maximum Gasteiger partial charge on any atom is 0.220 e. The highest BCUT2D eigenvalue weighted by Crippen LogP contribution is 2.22. The lowest BCUT2D eigenvalue weighted by Gasteiger charge is -2.40. The summed E-state index contributed by atoms with van der Waals surface area (Å²) >= 11 is 0. The van der Waals surface area contributed by atoms with Gasteiger partial charge in [-0.3, -0.25) is 4.79 Å². The number of ether oxygens (including phenoxy) is 2. The average Bonchev–Trinajstić information content (AvgIpc) is 2.92. The molecule has 0 aromatic heterocycles. The van der Waals surface area contributed by atoms with E-state index >= 15 is 0 Å². The van der Waals surface area contributed by atoms with Crippen molar-refractivity contribution in [3.05, 3.63) is 36.5 Å². The quantitative estimate of drug-likeness (QED) is 0.102. The maximum atomic E-state index is 11.9. The molecule has 1 saturated heterocycles. The number of hydrogen-bond acceptors (Lipinski definition) is 8. The Morgan fingerprint density at radius 1 is 0.868 bits per heavy atom. The van der Waals surface area contributed by atoms with E-state index in [0.717, 1.165) is 32.1 Å². The highest BCUT2D eigenvalue weighted by atomic mass is 16.7. The van der Waals surface area contributed by atoms with Crippen LogP contribution in [0.3, 0.4) is 0 Å². The molecule has 9 heteroatoms. The molecule has 1 fully saturated rings. The number of amides is 1. The molecule has 0 aromatic rings. The van der Waals surface area contributed by atoms with E-state index in [0.29, 0.717) is 0 Å². The maximum absolute atomic E-state index is 11.9. The van der Waals surface area contributed by atoms with Gasteiger partial charge in [-0.1, -0.05) is 76.0 Å². The van der Waals surface area contributed by atoms with Gasteiger partial charge in [0.25, 0.3) is 0 Å². The van der Waals surface area contributed by atoms with Crippen molar-refractivity contribution >= 4 is 5.91 Å². The van der Waals surface area contributed by atoms with Crippen LogP contribution in [0.2, 0.25) is 0 Å². The highest BCUT2D eigenvalue weighted by Gasteiger charge is 2.44. The lowest BCUT2D eigenvalue weighted by atomic mass is 9.99. The van der Waals surface area contributed by atoms with Crippen LogP contribution in [0.5, 0.6) is 0 Å². The van der Waals surface area contributed by atoms with Gasteiger partial charge in [-0.25, -0.2) is 0 Å². The molecule has 7 unspecified atom stereocenters. The summed E-state index contributed by atoms with van der Waals surface area (Å²) in [6, 6.07) is -0.819. The van der Waals surface area contributed by atoms with E-state index in [-0.39, 0.29) is 18.9 Å². The summed E-state index contributed by atoms with van der Waals surface area (Å²) in [7, 11) is 0. The minimum Gasteiger partial charge on any atom is -0.394 e. The van der Waals surface area contributed by atoms with Gasteiger partial charge in [0, 0.05) is 6.42 Å². The Labute approximate surface area is 228 Å². The molecule has 220 valence electrons. The summed E-state index contributed by atoms with van der Waals surface area (Å²) in [5.41, 5.74) is 0. The van der Waals surface area contributed by atoms with Crippen molar-refractivity contribution in [3.63, 3.8) is 0 Å². The minimum atomic E-state index is -1.57. The van der Waals surface area contributed by atoms with E-state index < -0.39 is 49.5 Å². The number of hydrogen-bond donors (Lipinski definition) is 6. The van der Waals surface area contributed by atoms with Crippen LogP contribution in [0.15, 0.2) is 36.5 Å². The molecule has 0 saturated carbocycles. The molecule has 1 aliphatic rings. The SMILES string of the molecule is CCCCCCC/C=C/CC/C=C/CC/C=C/C(O)C(COC1OC(CO)C(O)C(O)C1O)NC(=O)CC. The first-order valence-electron chi connectivity index (χ1n) is 14.2. The average molecular weight is 542 g/mol. The summed E-state index contributed by atoms with van der Waals surface area (Å²) in [5, 5.41) is 52.6. The fraction of sp³-hybridized carbons (Fsp3) is 0.759. The van der Waals surface area contributed by atoms with E-state index in [4.69, 9.17) is 9.47 Å². The molecular formula is C29H51NO8. The topological polar surface area (TPSA) is 149 Å². The molecule has 0 spiro atoms. The number of rotatable bonds is 20. The fourth-order valence-corrected chi connectivity index (χ4v) is 4.03. The summed E-state index contributed by atoms with van der Waals surface area (Å²) in [6.45, 7) is 3.12. The van der Waals surface area contributed by atoms with Crippen LogP contribution in [-0.2, 0) is 14.3 Å². The molecule has 1 aliphatic heterocycles. The fourth-order valence-electron chi connectivity index (χ4n) is 4.03. The molecule has 1 amide bonds. The number of carbonyl (C=O) groups is 1. The van der Waals surface area contributed by atoms with Crippen LogP contribution >= 0.6 is 0 Å². The number of aliphatic hydroxyl groups is 5. The van der Waals surface area contributed by atoms with Crippen LogP contribution in [0.1, 0.15) is 84.5 Å². The van der Waals surface area contributed by atoms with E-state index in [9.17, 15) is 30.3 Å². The van der Waals surface area contributed by atoms with Gasteiger partial charge in [0.15, 0.2) is 6.29 Å². The van der Waals surface area contributed by atoms with Crippen LogP contribution in [0.4, 0.5) is 0 Å². The number of nitrogens with one attached hydrogen (secondary N) is 1. The number of unbranched alkanes of at least 4 members (excludes halogenated alkanes) is 7. The van der Waals surface area contributed by atoms with E-state index in [1.807, 2.05) is 6.08 Å². The smallest absolute Gasteiger partial charge is 0.220 e. The third-order valence-corrected chi connectivity index (χ3v) is 6.51. The van der Waals surface area contributed by atoms with Crippen molar-refractivity contribution in [2.75, 3.05) is 13.2 Å². The van der Waals surface area contributed by atoms with Gasteiger partial charge < -0.3 is 40.3 Å². The molecule has 9 nitrogen and oxygen atoms in total. The van der Waals surface area contributed by atoms with Crippen LogP contribution in [0.25, 0.3) is 0 Å². The van der Waals surface area contributed by atoms with E-state index in [2.05, 4.69) is 36.5 Å². The van der Waals surface area contributed by atoms with Gasteiger partial charge in [-0.05, 0) is 38.5 Å². The minimum absolute atomic E-state index is 0.214. The Kier molecular flexibility index (Phi) is 19.3. The van der Waals surface area contributed by atoms with Crippen molar-refractivity contribution in [2.24, 2.45) is 0 Å². The van der Waals surface area contributed by atoms with Crippen molar-refractivity contribution in [1.82, 2.24) is 5.32 Å². The van der Waals surface area contributed by atoms with E-state index in [1.54, 1.807) is 13.0 Å². The Hall–Kier alpha value is -1.59. The van der Waals surface area contributed by atoms with Crippen molar-refractivity contribution in [3.8, 4) is 0 Å². The molecule has 0 aromatic carbocycles. The van der Waals surface area contributed by atoms with Gasteiger partial charge >= 0.3 is 0 Å². The summed E-state index contributed by atoms with van der Waals surface area (Å²) in [4.78, 5) is 11.9. The zero-order valence-corrected chi connectivity index (χ0v) is 23.2. The molecule has 0 aliphatic carbocycles. The van der Waals surface area contributed by atoms with Crippen molar-refractivity contribution in [1.29, 1.82) is 0 Å². The van der Waals surface area contributed by atoms with Gasteiger partial charge in [-0.15, -0.1) is 0 Å². The molecule has 0 bridgehead atoms. The van der Waals surface area contributed by atoms with E-state index in [1.165, 1.54) is 32.1 Å². The first-order valence-corrected chi connectivity index (χ1v) is 14.2. The molecule has 1 heterocycles. The van der Waals surface area contributed by atoms with Gasteiger partial charge in [0.2, 0.25) is 5.91 Å². The first-order chi connectivity index (χ1) is 18.3. The second-order valence-corrected chi connectivity index (χ2v) is 9.78. The monoisotopic (exact) mass is 541 g/mol. The van der Waals surface area contributed by atoms with Crippen molar-refractivity contribution < 1.29 is 39.8 Å². The predicted molar refractivity (Wildman–Crippen MR) is 147 cm³/mol. The molecule has 0 radical (unpaired) electrons. The Balaban J connectivity index is 2.39. The second-order valence-electron chi connectivity index (χ2n) is 9.78. The Morgan fingerprint density at radius 3 is 2.08 bits per heavy atom.